The number of benzene rings is 1. The summed E-state index contributed by atoms with van der Waals surface area (Å²) in [7, 11) is -3.61. The molecule has 7 heteroatoms. The topological polar surface area (TPSA) is 58.6 Å². The van der Waals surface area contributed by atoms with Crippen LogP contribution in [-0.4, -0.2) is 39.0 Å². The van der Waals surface area contributed by atoms with Gasteiger partial charge >= 0.3 is 0 Å². The first-order valence-electron chi connectivity index (χ1n) is 6.10. The molecule has 19 heavy (non-hydrogen) atoms. The highest BCUT2D eigenvalue weighted by molar-refractivity contribution is 7.87. The van der Waals surface area contributed by atoms with Crippen molar-refractivity contribution in [3.8, 4) is 0 Å². The molecule has 1 aromatic rings. The third-order valence-electron chi connectivity index (χ3n) is 3.01. The molecule has 0 spiro atoms. The summed E-state index contributed by atoms with van der Waals surface area (Å²) in [6.07, 6.45) is 0. The van der Waals surface area contributed by atoms with Crippen LogP contribution in [0.15, 0.2) is 24.3 Å². The van der Waals surface area contributed by atoms with Gasteiger partial charge < -0.3 is 4.74 Å². The second kappa shape index (κ2) is 5.96. The fourth-order valence-electron chi connectivity index (χ4n) is 1.97. The van der Waals surface area contributed by atoms with E-state index in [0.29, 0.717) is 31.9 Å². The highest BCUT2D eigenvalue weighted by Crippen LogP contribution is 2.18. The Balaban J connectivity index is 2.09. The molecule has 1 aliphatic heterocycles. The van der Waals surface area contributed by atoms with Crippen molar-refractivity contribution in [3.05, 3.63) is 35.6 Å². The molecule has 1 heterocycles. The Hall–Kier alpha value is -1.02. The van der Waals surface area contributed by atoms with E-state index in [1.54, 1.807) is 25.1 Å². The third kappa shape index (κ3) is 3.50. The molecule has 1 N–H and O–H groups in total. The van der Waals surface area contributed by atoms with Gasteiger partial charge in [0.05, 0.1) is 13.2 Å². The summed E-state index contributed by atoms with van der Waals surface area (Å²) >= 11 is 0. The van der Waals surface area contributed by atoms with E-state index < -0.39 is 22.1 Å². The zero-order valence-electron chi connectivity index (χ0n) is 10.7. The molecule has 0 aromatic heterocycles. The monoisotopic (exact) mass is 288 g/mol. The summed E-state index contributed by atoms with van der Waals surface area (Å²) in [6.45, 7) is 3.03. The van der Waals surface area contributed by atoms with Crippen LogP contribution in [0.1, 0.15) is 18.5 Å². The lowest BCUT2D eigenvalue weighted by Gasteiger charge is -2.27. The van der Waals surface area contributed by atoms with E-state index in [4.69, 9.17) is 4.74 Å². The summed E-state index contributed by atoms with van der Waals surface area (Å²) in [5, 5.41) is 0. The van der Waals surface area contributed by atoms with Crippen LogP contribution >= 0.6 is 0 Å². The number of ether oxygens (including phenoxy) is 1. The number of hydrogen-bond donors (Lipinski definition) is 1. The minimum absolute atomic E-state index is 0.319. The van der Waals surface area contributed by atoms with Crippen LogP contribution in [0.2, 0.25) is 0 Å². The Labute approximate surface area is 112 Å². The molecule has 106 valence electrons. The van der Waals surface area contributed by atoms with Gasteiger partial charge in [-0.15, -0.1) is 0 Å². The fraction of sp³-hybridized carbons (Fsp3) is 0.500. The zero-order chi connectivity index (χ0) is 13.9. The third-order valence-corrected chi connectivity index (χ3v) is 4.70. The molecule has 0 saturated carbocycles. The zero-order valence-corrected chi connectivity index (χ0v) is 11.5. The maximum atomic E-state index is 13.6. The van der Waals surface area contributed by atoms with Crippen molar-refractivity contribution >= 4 is 10.2 Å². The predicted octanol–water partition coefficient (Wildman–Crippen LogP) is 1.05. The second-order valence-corrected chi connectivity index (χ2v) is 6.08. The van der Waals surface area contributed by atoms with Crippen molar-refractivity contribution in [1.82, 2.24) is 9.03 Å². The lowest BCUT2D eigenvalue weighted by atomic mass is 10.1. The Bertz CT molecular complexity index is 530. The van der Waals surface area contributed by atoms with Crippen LogP contribution in [0.5, 0.6) is 0 Å². The van der Waals surface area contributed by atoms with Gasteiger partial charge in [0.25, 0.3) is 10.2 Å². The van der Waals surface area contributed by atoms with Crippen LogP contribution in [0, 0.1) is 5.82 Å². The van der Waals surface area contributed by atoms with Crippen LogP contribution in [0.25, 0.3) is 0 Å². The molecular formula is C12H17FN2O3S. The van der Waals surface area contributed by atoms with Crippen molar-refractivity contribution in [2.24, 2.45) is 0 Å². The number of nitrogens with zero attached hydrogens (tertiary/aromatic N) is 1. The molecule has 1 unspecified atom stereocenters. The van der Waals surface area contributed by atoms with Gasteiger partial charge in [0.1, 0.15) is 5.82 Å². The molecule has 1 atom stereocenters. The second-order valence-electron chi connectivity index (χ2n) is 4.38. The largest absolute Gasteiger partial charge is 0.379 e. The van der Waals surface area contributed by atoms with Gasteiger partial charge in [-0.3, -0.25) is 0 Å². The summed E-state index contributed by atoms with van der Waals surface area (Å²) in [5.74, 6) is -0.417. The van der Waals surface area contributed by atoms with Crippen molar-refractivity contribution in [2.45, 2.75) is 13.0 Å². The van der Waals surface area contributed by atoms with Crippen molar-refractivity contribution in [1.29, 1.82) is 0 Å². The molecule has 0 bridgehead atoms. The standard InChI is InChI=1S/C12H17FN2O3S/c1-10(11-4-2-3-5-12(11)13)14-19(16,17)15-6-8-18-9-7-15/h2-5,10,14H,6-9H2,1H3. The summed E-state index contributed by atoms with van der Waals surface area (Å²) < 4.78 is 46.7. The average Bonchev–Trinajstić information content (AvgIpc) is 2.39. The van der Waals surface area contributed by atoms with E-state index in [9.17, 15) is 12.8 Å². The maximum absolute atomic E-state index is 13.6. The highest BCUT2D eigenvalue weighted by atomic mass is 32.2. The summed E-state index contributed by atoms with van der Waals surface area (Å²) in [5.41, 5.74) is 0.333. The highest BCUT2D eigenvalue weighted by Gasteiger charge is 2.26. The van der Waals surface area contributed by atoms with E-state index >= 15 is 0 Å². The smallest absolute Gasteiger partial charge is 0.280 e. The van der Waals surface area contributed by atoms with Crippen molar-refractivity contribution in [2.75, 3.05) is 26.3 Å². The lowest BCUT2D eigenvalue weighted by Crippen LogP contribution is -2.47. The molecule has 1 fully saturated rings. The van der Waals surface area contributed by atoms with E-state index in [1.165, 1.54) is 10.4 Å². The predicted molar refractivity (Wildman–Crippen MR) is 69.3 cm³/mol. The maximum Gasteiger partial charge on any atom is 0.280 e. The van der Waals surface area contributed by atoms with Crippen LogP contribution in [-0.2, 0) is 14.9 Å². The number of nitrogens with one attached hydrogen (secondary N) is 1. The minimum Gasteiger partial charge on any atom is -0.379 e. The Morgan fingerprint density at radius 2 is 1.95 bits per heavy atom. The lowest BCUT2D eigenvalue weighted by molar-refractivity contribution is 0.0723. The minimum atomic E-state index is -3.61. The Morgan fingerprint density at radius 1 is 1.32 bits per heavy atom. The van der Waals surface area contributed by atoms with Gasteiger partial charge in [-0.25, -0.2) is 4.39 Å². The first-order valence-corrected chi connectivity index (χ1v) is 7.54. The Kier molecular flexibility index (Phi) is 4.51. The van der Waals surface area contributed by atoms with Gasteiger partial charge in [-0.05, 0) is 13.0 Å². The van der Waals surface area contributed by atoms with Gasteiger partial charge in [0, 0.05) is 24.7 Å². The van der Waals surface area contributed by atoms with Gasteiger partial charge in [0.2, 0.25) is 0 Å². The molecular weight excluding hydrogens is 271 g/mol. The SMILES string of the molecule is CC(NS(=O)(=O)N1CCOCC1)c1ccccc1F. The first-order chi connectivity index (χ1) is 9.00. The number of hydrogen-bond acceptors (Lipinski definition) is 3. The average molecular weight is 288 g/mol. The normalized spacial score (nSPS) is 19.3. The van der Waals surface area contributed by atoms with E-state index in [1.807, 2.05) is 0 Å². The molecule has 1 aliphatic rings. The van der Waals surface area contributed by atoms with Crippen LogP contribution < -0.4 is 4.72 Å². The van der Waals surface area contributed by atoms with Gasteiger partial charge in [-0.2, -0.15) is 17.4 Å². The van der Waals surface area contributed by atoms with Crippen molar-refractivity contribution < 1.29 is 17.5 Å². The fourth-order valence-corrected chi connectivity index (χ4v) is 3.33. The van der Waals surface area contributed by atoms with E-state index in [2.05, 4.69) is 4.72 Å². The quantitative estimate of drug-likeness (QED) is 0.901. The van der Waals surface area contributed by atoms with E-state index in [0.717, 1.165) is 0 Å². The first kappa shape index (κ1) is 14.4. The van der Waals surface area contributed by atoms with E-state index in [-0.39, 0.29) is 0 Å². The van der Waals surface area contributed by atoms with Crippen LogP contribution in [0.4, 0.5) is 4.39 Å². The van der Waals surface area contributed by atoms with Crippen LogP contribution in [0.3, 0.4) is 0 Å². The molecule has 2 rings (SSSR count). The molecule has 5 nitrogen and oxygen atoms in total. The molecule has 0 amide bonds. The summed E-state index contributed by atoms with van der Waals surface area (Å²) in [4.78, 5) is 0. The Morgan fingerprint density at radius 3 is 2.58 bits per heavy atom. The summed E-state index contributed by atoms with van der Waals surface area (Å²) in [6, 6.07) is 5.52. The molecule has 1 aromatic carbocycles. The number of morpholine rings is 1. The molecule has 0 radical (unpaired) electrons. The number of halogens is 1. The molecule has 0 aliphatic carbocycles. The van der Waals surface area contributed by atoms with Gasteiger partial charge in [-0.1, -0.05) is 18.2 Å². The molecule has 1 saturated heterocycles. The van der Waals surface area contributed by atoms with Gasteiger partial charge in [0.15, 0.2) is 0 Å². The van der Waals surface area contributed by atoms with Crippen molar-refractivity contribution in [3.63, 3.8) is 0 Å². The number of rotatable bonds is 4.